The molecule has 0 unspecified atom stereocenters. The second-order valence-corrected chi connectivity index (χ2v) is 10.3. The molecule has 0 radical (unpaired) electrons. The van der Waals surface area contributed by atoms with Crippen molar-refractivity contribution >= 4 is 11.9 Å². The first-order valence-electron chi connectivity index (χ1n) is 11.2. The van der Waals surface area contributed by atoms with Crippen LogP contribution >= 0.6 is 0 Å². The summed E-state index contributed by atoms with van der Waals surface area (Å²) in [6, 6.07) is 0.323. The van der Waals surface area contributed by atoms with Crippen molar-refractivity contribution in [3.05, 3.63) is 5.82 Å². The van der Waals surface area contributed by atoms with Crippen LogP contribution in [0.25, 0.3) is 0 Å². The van der Waals surface area contributed by atoms with Crippen molar-refractivity contribution < 1.29 is 4.74 Å². The van der Waals surface area contributed by atoms with Gasteiger partial charge in [0, 0.05) is 35.6 Å². The lowest BCUT2D eigenvalue weighted by molar-refractivity contribution is 0.122. The molecule has 1 aromatic rings. The molecule has 164 valence electrons. The van der Waals surface area contributed by atoms with Crippen molar-refractivity contribution in [2.24, 2.45) is 0 Å². The fourth-order valence-corrected chi connectivity index (χ4v) is 4.78. The summed E-state index contributed by atoms with van der Waals surface area (Å²) in [4.78, 5) is 16.9. The third kappa shape index (κ3) is 5.37. The van der Waals surface area contributed by atoms with E-state index in [9.17, 15) is 0 Å². The molecule has 7 heteroatoms. The standard InChI is InChI=1S/C22H40N6O/c1-8-22(7,9-2)17-24-18(26-19(25-17)28-10-12-29-13-11-28)23-16-14-20(3,4)27-21(5,6)15-16/h16,27H,8-15H2,1-7H3,(H,23,24,25,26). The number of nitrogens with one attached hydrogen (secondary N) is 2. The zero-order valence-corrected chi connectivity index (χ0v) is 19.4. The predicted molar refractivity (Wildman–Crippen MR) is 119 cm³/mol. The Kier molecular flexibility index (Phi) is 6.39. The van der Waals surface area contributed by atoms with Crippen molar-refractivity contribution in [2.45, 2.75) is 96.7 Å². The number of hydrogen-bond acceptors (Lipinski definition) is 7. The molecule has 0 amide bonds. The van der Waals surface area contributed by atoms with Crippen LogP contribution in [-0.2, 0) is 10.2 Å². The smallest absolute Gasteiger partial charge is 0.230 e. The fraction of sp³-hybridized carbons (Fsp3) is 0.864. The van der Waals surface area contributed by atoms with E-state index in [0.717, 1.165) is 63.8 Å². The van der Waals surface area contributed by atoms with E-state index in [4.69, 9.17) is 19.7 Å². The van der Waals surface area contributed by atoms with Gasteiger partial charge in [0.05, 0.1) is 13.2 Å². The van der Waals surface area contributed by atoms with Gasteiger partial charge in [0.2, 0.25) is 11.9 Å². The van der Waals surface area contributed by atoms with Gasteiger partial charge in [-0.25, -0.2) is 0 Å². The molecule has 7 nitrogen and oxygen atoms in total. The molecule has 29 heavy (non-hydrogen) atoms. The maximum atomic E-state index is 5.52. The molecule has 2 N–H and O–H groups in total. The predicted octanol–water partition coefficient (Wildman–Crippen LogP) is 3.51. The van der Waals surface area contributed by atoms with E-state index in [-0.39, 0.29) is 16.5 Å². The molecule has 3 rings (SSSR count). The number of rotatable bonds is 6. The second-order valence-electron chi connectivity index (χ2n) is 10.3. The van der Waals surface area contributed by atoms with E-state index in [1.807, 2.05) is 0 Å². The molecule has 0 bridgehead atoms. The van der Waals surface area contributed by atoms with E-state index >= 15 is 0 Å². The Balaban J connectivity index is 1.92. The van der Waals surface area contributed by atoms with Crippen LogP contribution in [-0.4, -0.2) is 58.4 Å². The SMILES string of the molecule is CCC(C)(CC)c1nc(NC2CC(C)(C)NC(C)(C)C2)nc(N2CCOCC2)n1. The highest BCUT2D eigenvalue weighted by Gasteiger charge is 2.38. The number of aromatic nitrogens is 3. The highest BCUT2D eigenvalue weighted by molar-refractivity contribution is 5.39. The first kappa shape index (κ1) is 22.2. The summed E-state index contributed by atoms with van der Waals surface area (Å²) in [5, 5.41) is 7.42. The Morgan fingerprint density at radius 1 is 1.03 bits per heavy atom. The fourth-order valence-electron chi connectivity index (χ4n) is 4.78. The van der Waals surface area contributed by atoms with Gasteiger partial charge in [-0.15, -0.1) is 0 Å². The average Bonchev–Trinajstić information content (AvgIpc) is 2.65. The summed E-state index contributed by atoms with van der Waals surface area (Å²) < 4.78 is 5.52. The Morgan fingerprint density at radius 2 is 1.62 bits per heavy atom. The summed E-state index contributed by atoms with van der Waals surface area (Å²) in [6.45, 7) is 18.9. The van der Waals surface area contributed by atoms with Gasteiger partial charge in [-0.1, -0.05) is 20.8 Å². The maximum absolute atomic E-state index is 5.52. The molecule has 2 aliphatic rings. The molecule has 2 fully saturated rings. The minimum absolute atomic E-state index is 0.0485. The van der Waals surface area contributed by atoms with Crippen molar-refractivity contribution in [2.75, 3.05) is 36.5 Å². The van der Waals surface area contributed by atoms with Crippen molar-refractivity contribution in [1.29, 1.82) is 0 Å². The van der Waals surface area contributed by atoms with Crippen molar-refractivity contribution in [1.82, 2.24) is 20.3 Å². The molecular weight excluding hydrogens is 364 g/mol. The number of anilines is 2. The van der Waals surface area contributed by atoms with Gasteiger partial charge >= 0.3 is 0 Å². The Morgan fingerprint density at radius 3 is 2.17 bits per heavy atom. The van der Waals surface area contributed by atoms with Gasteiger partial charge in [-0.05, 0) is 53.4 Å². The number of nitrogens with zero attached hydrogens (tertiary/aromatic N) is 4. The van der Waals surface area contributed by atoms with E-state index < -0.39 is 0 Å². The molecule has 2 aliphatic heterocycles. The zero-order valence-electron chi connectivity index (χ0n) is 19.4. The van der Waals surface area contributed by atoms with Crippen LogP contribution in [0.15, 0.2) is 0 Å². The van der Waals surface area contributed by atoms with Gasteiger partial charge in [0.1, 0.15) is 5.82 Å². The van der Waals surface area contributed by atoms with Crippen molar-refractivity contribution in [3.63, 3.8) is 0 Å². The third-order valence-electron chi connectivity index (χ3n) is 6.54. The Labute approximate surface area is 176 Å². The molecule has 0 aromatic carbocycles. The lowest BCUT2D eigenvalue weighted by Crippen LogP contribution is -2.60. The van der Waals surface area contributed by atoms with Crippen LogP contribution in [0.4, 0.5) is 11.9 Å². The van der Waals surface area contributed by atoms with Crippen LogP contribution in [0.3, 0.4) is 0 Å². The summed E-state index contributed by atoms with van der Waals surface area (Å²) in [5.41, 5.74) is 0.0976. The summed E-state index contributed by atoms with van der Waals surface area (Å²) in [7, 11) is 0. The van der Waals surface area contributed by atoms with E-state index in [2.05, 4.69) is 64.0 Å². The minimum Gasteiger partial charge on any atom is -0.378 e. The summed E-state index contributed by atoms with van der Waals surface area (Å²) >= 11 is 0. The van der Waals surface area contributed by atoms with Crippen LogP contribution < -0.4 is 15.5 Å². The summed E-state index contributed by atoms with van der Waals surface area (Å²) in [5.74, 6) is 2.39. The lowest BCUT2D eigenvalue weighted by atomic mass is 9.79. The lowest BCUT2D eigenvalue weighted by Gasteiger charge is -2.46. The number of morpholine rings is 1. The van der Waals surface area contributed by atoms with Gasteiger partial charge < -0.3 is 20.3 Å². The molecule has 0 atom stereocenters. The highest BCUT2D eigenvalue weighted by Crippen LogP contribution is 2.32. The van der Waals surface area contributed by atoms with E-state index in [1.165, 1.54) is 0 Å². The molecular formula is C22H40N6O. The zero-order chi connectivity index (χ0) is 21.3. The topological polar surface area (TPSA) is 75.2 Å². The first-order valence-corrected chi connectivity index (χ1v) is 11.2. The molecule has 0 aliphatic carbocycles. The highest BCUT2D eigenvalue weighted by atomic mass is 16.5. The Hall–Kier alpha value is -1.47. The quantitative estimate of drug-likeness (QED) is 0.751. The van der Waals surface area contributed by atoms with Crippen LogP contribution in [0.1, 0.15) is 80.0 Å². The molecule has 3 heterocycles. The molecule has 1 aromatic heterocycles. The molecule has 0 spiro atoms. The number of ether oxygens (including phenoxy) is 1. The maximum Gasteiger partial charge on any atom is 0.230 e. The number of hydrogen-bond donors (Lipinski definition) is 2. The van der Waals surface area contributed by atoms with Crippen LogP contribution in [0, 0.1) is 0 Å². The van der Waals surface area contributed by atoms with Crippen LogP contribution in [0.5, 0.6) is 0 Å². The van der Waals surface area contributed by atoms with Gasteiger partial charge in [0.15, 0.2) is 0 Å². The van der Waals surface area contributed by atoms with Crippen molar-refractivity contribution in [3.8, 4) is 0 Å². The monoisotopic (exact) mass is 404 g/mol. The Bertz CT molecular complexity index is 679. The minimum atomic E-state index is -0.0485. The van der Waals surface area contributed by atoms with Gasteiger partial charge in [-0.2, -0.15) is 15.0 Å². The summed E-state index contributed by atoms with van der Waals surface area (Å²) in [6.07, 6.45) is 4.07. The largest absolute Gasteiger partial charge is 0.378 e. The van der Waals surface area contributed by atoms with Gasteiger partial charge in [-0.3, -0.25) is 0 Å². The van der Waals surface area contributed by atoms with E-state index in [0.29, 0.717) is 12.0 Å². The second kappa shape index (κ2) is 8.34. The first-order chi connectivity index (χ1) is 13.6. The molecule has 0 saturated carbocycles. The van der Waals surface area contributed by atoms with Gasteiger partial charge in [0.25, 0.3) is 0 Å². The number of piperidine rings is 1. The molecule has 2 saturated heterocycles. The van der Waals surface area contributed by atoms with E-state index in [1.54, 1.807) is 0 Å². The van der Waals surface area contributed by atoms with Crippen LogP contribution in [0.2, 0.25) is 0 Å². The normalized spacial score (nSPS) is 22.5. The third-order valence-corrected chi connectivity index (χ3v) is 6.54. The average molecular weight is 405 g/mol.